The Hall–Kier alpha value is -0.106. The Labute approximate surface area is 210 Å². The summed E-state index contributed by atoms with van der Waals surface area (Å²) in [4.78, 5) is 0. The highest BCUT2D eigenvalue weighted by molar-refractivity contribution is 7.59. The van der Waals surface area contributed by atoms with Gasteiger partial charge in [0.25, 0.3) is 0 Å². The van der Waals surface area contributed by atoms with E-state index >= 15 is 0 Å². The Bertz CT molecular complexity index is 1780. The predicted molar refractivity (Wildman–Crippen MR) is 163 cm³/mol. The number of hydrogen-bond acceptors (Lipinski definition) is 7. The van der Waals surface area contributed by atoms with E-state index in [1.54, 1.807) is 44.0 Å². The van der Waals surface area contributed by atoms with Gasteiger partial charge in [-0.2, -0.15) is 11.3 Å². The van der Waals surface area contributed by atoms with E-state index < -0.39 is 16.1 Å². The first-order valence-electron chi connectivity index (χ1n) is 10.3. The van der Waals surface area contributed by atoms with Crippen LogP contribution >= 0.6 is 79.4 Å². The molecule has 0 nitrogen and oxygen atoms in total. The van der Waals surface area contributed by atoms with Crippen LogP contribution in [0.15, 0.2) is 11.4 Å². The molecular formula is C22H20S7Si2. The molecule has 9 heteroatoms. The maximum absolute atomic E-state index is 2.52. The highest BCUT2D eigenvalue weighted by Crippen LogP contribution is 2.56. The van der Waals surface area contributed by atoms with Crippen LogP contribution in [0.1, 0.15) is 0 Å². The van der Waals surface area contributed by atoms with Crippen LogP contribution in [0.4, 0.5) is 0 Å². The van der Waals surface area contributed by atoms with Crippen molar-refractivity contribution in [2.24, 2.45) is 0 Å². The Balaban J connectivity index is 1.64. The summed E-state index contributed by atoms with van der Waals surface area (Å²) in [7, 11) is -2.60. The van der Waals surface area contributed by atoms with Gasteiger partial charge in [-0.3, -0.25) is 0 Å². The third-order valence-electron chi connectivity index (χ3n) is 5.88. The van der Waals surface area contributed by atoms with Crippen molar-refractivity contribution in [3.8, 4) is 0 Å². The van der Waals surface area contributed by atoms with Crippen molar-refractivity contribution in [3.63, 3.8) is 0 Å². The van der Waals surface area contributed by atoms with Crippen molar-refractivity contribution in [2.75, 3.05) is 0 Å². The zero-order valence-electron chi connectivity index (χ0n) is 18.0. The summed E-state index contributed by atoms with van der Waals surface area (Å²) >= 11 is 14.3. The molecular weight excluding hydrogens is 545 g/mol. The van der Waals surface area contributed by atoms with Crippen LogP contribution in [-0.2, 0) is 0 Å². The first-order chi connectivity index (χ1) is 14.6. The first kappa shape index (κ1) is 20.3. The second kappa shape index (κ2) is 6.31. The fraction of sp³-hybridized carbons (Fsp3) is 0.273. The summed E-state index contributed by atoms with van der Waals surface area (Å²) in [6.45, 7) is 14.9. The summed E-state index contributed by atoms with van der Waals surface area (Å²) in [5.41, 5.74) is 0. The van der Waals surface area contributed by atoms with Crippen LogP contribution in [0, 0.1) is 0 Å². The lowest BCUT2D eigenvalue weighted by Gasteiger charge is -2.12. The lowest BCUT2D eigenvalue weighted by molar-refractivity contribution is 1.79. The molecule has 0 saturated carbocycles. The van der Waals surface area contributed by atoms with Crippen LogP contribution in [0.5, 0.6) is 0 Å². The van der Waals surface area contributed by atoms with E-state index in [4.69, 9.17) is 0 Å². The van der Waals surface area contributed by atoms with Crippen molar-refractivity contribution >= 4 is 162 Å². The summed E-state index contributed by atoms with van der Waals surface area (Å²) in [6.07, 6.45) is 0. The molecule has 7 heterocycles. The summed E-state index contributed by atoms with van der Waals surface area (Å²) < 4.78 is 14.1. The zero-order chi connectivity index (χ0) is 21.4. The SMILES string of the molecule is C[Si](C)(C)c1cc2sc3sc4sc5sc6sc7c([Si](C)(C)C)scc7c6c5c4c3c2s1. The maximum atomic E-state index is 2.52. The van der Waals surface area contributed by atoms with Gasteiger partial charge >= 0.3 is 0 Å². The van der Waals surface area contributed by atoms with Gasteiger partial charge in [-0.15, -0.1) is 68.0 Å². The Morgan fingerprint density at radius 1 is 0.581 bits per heavy atom. The average Bonchev–Trinajstić information content (AvgIpc) is 3.39. The van der Waals surface area contributed by atoms with Crippen molar-refractivity contribution in [1.82, 2.24) is 0 Å². The van der Waals surface area contributed by atoms with E-state index in [0.29, 0.717) is 0 Å². The molecule has 7 aromatic rings. The molecule has 7 rings (SSSR count). The van der Waals surface area contributed by atoms with Gasteiger partial charge in [0.2, 0.25) is 0 Å². The summed E-state index contributed by atoms with van der Waals surface area (Å²) in [5.74, 6) is 0. The molecule has 0 aliphatic heterocycles. The average molecular weight is 565 g/mol. The van der Waals surface area contributed by atoms with E-state index in [2.05, 4.69) is 73.4 Å². The molecule has 0 N–H and O–H groups in total. The molecule has 158 valence electrons. The molecule has 0 radical (unpaired) electrons. The van der Waals surface area contributed by atoms with Gasteiger partial charge in [0, 0.05) is 40.8 Å². The van der Waals surface area contributed by atoms with Crippen LogP contribution in [-0.4, -0.2) is 16.1 Å². The molecule has 0 unspecified atom stereocenters. The van der Waals surface area contributed by atoms with Gasteiger partial charge in [-0.25, -0.2) is 0 Å². The van der Waals surface area contributed by atoms with Crippen molar-refractivity contribution in [1.29, 1.82) is 0 Å². The lowest BCUT2D eigenvalue weighted by atomic mass is 10.1. The van der Waals surface area contributed by atoms with Crippen LogP contribution < -0.4 is 9.00 Å². The first-order valence-corrected chi connectivity index (χ1v) is 23.0. The van der Waals surface area contributed by atoms with E-state index in [1.165, 1.54) is 22.1 Å². The molecule has 0 aromatic carbocycles. The number of fused-ring (bicyclic) bond motifs is 11. The number of rotatable bonds is 2. The fourth-order valence-corrected chi connectivity index (χ4v) is 19.7. The minimum Gasteiger partial charge on any atom is -0.151 e. The summed E-state index contributed by atoms with van der Waals surface area (Å²) in [6, 6.07) is 2.52. The Morgan fingerprint density at radius 3 is 1.84 bits per heavy atom. The fourth-order valence-electron chi connectivity index (χ4n) is 4.38. The molecule has 7 aromatic heterocycles. The van der Waals surface area contributed by atoms with Crippen molar-refractivity contribution < 1.29 is 0 Å². The number of thiophene rings is 7. The minimum absolute atomic E-state index is 1.28. The molecule has 0 bridgehead atoms. The molecule has 0 aliphatic carbocycles. The second-order valence-corrected chi connectivity index (χ2v) is 29.1. The van der Waals surface area contributed by atoms with E-state index in [9.17, 15) is 0 Å². The Kier molecular flexibility index (Phi) is 4.13. The largest absolute Gasteiger partial charge is 0.151 e. The molecule has 0 spiro atoms. The van der Waals surface area contributed by atoms with Gasteiger partial charge in [-0.05, 0) is 15.9 Å². The number of hydrogen-bond donors (Lipinski definition) is 0. The lowest BCUT2D eigenvalue weighted by Crippen LogP contribution is -2.35. The normalized spacial score (nSPS) is 14.1. The van der Waals surface area contributed by atoms with Gasteiger partial charge in [0.15, 0.2) is 0 Å². The second-order valence-electron chi connectivity index (χ2n) is 10.3. The van der Waals surface area contributed by atoms with Gasteiger partial charge < -0.3 is 0 Å². The quantitative estimate of drug-likeness (QED) is 0.183. The maximum Gasteiger partial charge on any atom is 0.0923 e. The minimum atomic E-state index is -1.31. The topological polar surface area (TPSA) is 0 Å². The molecule has 0 saturated heterocycles. The summed E-state index contributed by atoms with van der Waals surface area (Å²) in [5, 5.41) is 10.3. The van der Waals surface area contributed by atoms with Crippen molar-refractivity contribution in [3.05, 3.63) is 11.4 Å². The van der Waals surface area contributed by atoms with Gasteiger partial charge in [-0.1, -0.05) is 39.3 Å². The van der Waals surface area contributed by atoms with Gasteiger partial charge in [0.05, 0.1) is 36.9 Å². The van der Waals surface area contributed by atoms with Crippen LogP contribution in [0.25, 0.3) is 57.1 Å². The van der Waals surface area contributed by atoms with Gasteiger partial charge in [0.1, 0.15) is 0 Å². The third kappa shape index (κ3) is 2.70. The third-order valence-corrected chi connectivity index (χ3v) is 21.9. The molecule has 0 amide bonds. The smallest absolute Gasteiger partial charge is 0.0923 e. The zero-order valence-corrected chi connectivity index (χ0v) is 25.7. The Morgan fingerprint density at radius 2 is 1.19 bits per heavy atom. The standard InChI is InChI=1S/C22H20S7Si2/c1-30(2,3)11-7-10-17(25-11)15-14-13-12-9-8-23-22(31(4,5)6)16(9)26-18(12)27-19(13)28-20(14)29-21(15)24-10/h7-8H,1-6H3. The molecule has 0 atom stereocenters. The van der Waals surface area contributed by atoms with E-state index in [1.807, 2.05) is 56.7 Å². The predicted octanol–water partition coefficient (Wildman–Crippen LogP) is 10.1. The molecule has 0 fully saturated rings. The highest BCUT2D eigenvalue weighted by Gasteiger charge is 2.28. The molecule has 0 aliphatic rings. The van der Waals surface area contributed by atoms with Crippen LogP contribution in [0.2, 0.25) is 39.3 Å². The monoisotopic (exact) mass is 564 g/mol. The van der Waals surface area contributed by atoms with E-state index in [0.717, 1.165) is 0 Å². The molecule has 31 heavy (non-hydrogen) atoms. The van der Waals surface area contributed by atoms with Crippen LogP contribution in [0.3, 0.4) is 0 Å². The van der Waals surface area contributed by atoms with Crippen molar-refractivity contribution in [2.45, 2.75) is 39.3 Å². The highest BCUT2D eigenvalue weighted by atomic mass is 32.2. The van der Waals surface area contributed by atoms with E-state index in [-0.39, 0.29) is 0 Å².